The molecule has 1 rings (SSSR count). The van der Waals surface area contributed by atoms with Crippen LogP contribution in [0, 0.1) is 17.0 Å². The van der Waals surface area contributed by atoms with Crippen LogP contribution in [-0.4, -0.2) is 39.9 Å². The summed E-state index contributed by atoms with van der Waals surface area (Å²) in [7, 11) is -1.14. The smallest absolute Gasteiger partial charge is 0.273 e. The van der Waals surface area contributed by atoms with E-state index in [9.17, 15) is 18.5 Å². The number of benzene rings is 1. The third-order valence-corrected chi connectivity index (χ3v) is 4.46. The summed E-state index contributed by atoms with van der Waals surface area (Å²) in [5, 5.41) is 10.9. The molecule has 0 spiro atoms. The van der Waals surface area contributed by atoms with E-state index >= 15 is 0 Å². The molecule has 0 aliphatic rings. The van der Waals surface area contributed by atoms with E-state index in [0.29, 0.717) is 5.56 Å². The largest absolute Gasteiger partial charge is 0.354 e. The minimum absolute atomic E-state index is 0.183. The van der Waals surface area contributed by atoms with Crippen molar-refractivity contribution in [3.05, 3.63) is 33.9 Å². The molecule has 0 amide bonds. The highest BCUT2D eigenvalue weighted by Crippen LogP contribution is 2.22. The molecule has 0 bridgehead atoms. The molecule has 21 heavy (non-hydrogen) atoms. The molecule has 1 atom stereocenters. The Bertz CT molecular complexity index is 612. The van der Waals surface area contributed by atoms with Gasteiger partial charge in [-0.05, 0) is 19.9 Å². The number of nitro benzene ring substituents is 1. The molecular weight excluding hydrogens is 300 g/mol. The van der Waals surface area contributed by atoms with Gasteiger partial charge in [-0.1, -0.05) is 6.07 Å². The van der Waals surface area contributed by atoms with Gasteiger partial charge in [0.1, 0.15) is 0 Å². The minimum atomic E-state index is -3.91. The van der Waals surface area contributed by atoms with Gasteiger partial charge in [0.15, 0.2) is 6.29 Å². The predicted octanol–water partition coefficient (Wildman–Crippen LogP) is 1.19. The molecule has 0 aromatic heterocycles. The van der Waals surface area contributed by atoms with Crippen LogP contribution in [0.1, 0.15) is 12.5 Å². The fourth-order valence-corrected chi connectivity index (χ4v) is 3.08. The molecule has 0 saturated carbocycles. The molecular formula is C12H18N2O6S. The SMILES string of the molecule is COC(OC)C(C)NS(=O)(=O)c1ccc(C)c([N+](=O)[O-])c1. The first-order valence-corrected chi connectivity index (χ1v) is 7.54. The van der Waals surface area contributed by atoms with E-state index in [0.717, 1.165) is 6.07 Å². The first-order chi connectivity index (χ1) is 9.72. The highest BCUT2D eigenvalue weighted by molar-refractivity contribution is 7.89. The highest BCUT2D eigenvalue weighted by Gasteiger charge is 2.25. The number of hydrogen-bond donors (Lipinski definition) is 1. The van der Waals surface area contributed by atoms with Gasteiger partial charge < -0.3 is 9.47 Å². The molecule has 9 heteroatoms. The summed E-state index contributed by atoms with van der Waals surface area (Å²) in [6.07, 6.45) is -0.764. The van der Waals surface area contributed by atoms with Crippen molar-refractivity contribution >= 4 is 15.7 Å². The summed E-state index contributed by atoms with van der Waals surface area (Å²) in [5.74, 6) is 0. The van der Waals surface area contributed by atoms with Crippen molar-refractivity contribution in [2.45, 2.75) is 31.1 Å². The maximum Gasteiger partial charge on any atom is 0.273 e. The van der Waals surface area contributed by atoms with Crippen LogP contribution in [0.3, 0.4) is 0 Å². The molecule has 0 aliphatic heterocycles. The lowest BCUT2D eigenvalue weighted by atomic mass is 10.2. The van der Waals surface area contributed by atoms with Crippen LogP contribution in [0.4, 0.5) is 5.69 Å². The summed E-state index contributed by atoms with van der Waals surface area (Å²) >= 11 is 0. The number of hydrogen-bond acceptors (Lipinski definition) is 6. The Morgan fingerprint density at radius 1 is 1.29 bits per heavy atom. The fraction of sp³-hybridized carbons (Fsp3) is 0.500. The van der Waals surface area contributed by atoms with E-state index in [1.165, 1.54) is 33.3 Å². The van der Waals surface area contributed by atoms with Crippen LogP contribution >= 0.6 is 0 Å². The van der Waals surface area contributed by atoms with Gasteiger partial charge in [0.2, 0.25) is 10.0 Å². The van der Waals surface area contributed by atoms with Gasteiger partial charge in [0.05, 0.1) is 15.9 Å². The Morgan fingerprint density at radius 2 is 1.86 bits per heavy atom. The summed E-state index contributed by atoms with van der Waals surface area (Å²) in [5.41, 5.74) is 0.138. The minimum Gasteiger partial charge on any atom is -0.354 e. The number of nitrogens with one attached hydrogen (secondary N) is 1. The van der Waals surface area contributed by atoms with E-state index in [1.807, 2.05) is 0 Å². The molecule has 1 N–H and O–H groups in total. The van der Waals surface area contributed by atoms with E-state index < -0.39 is 27.3 Å². The number of ether oxygens (including phenoxy) is 2. The number of nitro groups is 1. The molecule has 1 aromatic carbocycles. The van der Waals surface area contributed by atoms with E-state index in [-0.39, 0.29) is 10.6 Å². The maximum atomic E-state index is 12.2. The van der Waals surface area contributed by atoms with Gasteiger partial charge in [0.25, 0.3) is 5.69 Å². The molecule has 0 aliphatic carbocycles. The monoisotopic (exact) mass is 318 g/mol. The summed E-state index contributed by atoms with van der Waals surface area (Å²) < 4.78 is 36.7. The molecule has 118 valence electrons. The first kappa shape index (κ1) is 17.5. The molecule has 0 fully saturated rings. The Morgan fingerprint density at radius 3 is 2.33 bits per heavy atom. The van der Waals surface area contributed by atoms with E-state index in [2.05, 4.69) is 4.72 Å². The highest BCUT2D eigenvalue weighted by atomic mass is 32.2. The van der Waals surface area contributed by atoms with Crippen molar-refractivity contribution in [3.8, 4) is 0 Å². The van der Waals surface area contributed by atoms with Gasteiger partial charge in [0, 0.05) is 25.8 Å². The molecule has 0 saturated heterocycles. The number of methoxy groups -OCH3 is 2. The van der Waals surface area contributed by atoms with Crippen molar-refractivity contribution in [2.75, 3.05) is 14.2 Å². The first-order valence-electron chi connectivity index (χ1n) is 6.06. The third-order valence-electron chi connectivity index (χ3n) is 2.90. The van der Waals surface area contributed by atoms with Crippen molar-refractivity contribution < 1.29 is 22.8 Å². The van der Waals surface area contributed by atoms with E-state index in [4.69, 9.17) is 9.47 Å². The summed E-state index contributed by atoms with van der Waals surface area (Å²) in [4.78, 5) is 10.1. The normalized spacial score (nSPS) is 13.4. The van der Waals surface area contributed by atoms with Gasteiger partial charge in [-0.15, -0.1) is 0 Å². The lowest BCUT2D eigenvalue weighted by molar-refractivity contribution is -0.385. The van der Waals surface area contributed by atoms with Crippen LogP contribution in [0.25, 0.3) is 0 Å². The second kappa shape index (κ2) is 6.94. The van der Waals surface area contributed by atoms with Gasteiger partial charge in [-0.2, -0.15) is 0 Å². The van der Waals surface area contributed by atoms with Crippen LogP contribution in [0.2, 0.25) is 0 Å². The molecule has 8 nitrogen and oxygen atoms in total. The number of aryl methyl sites for hydroxylation is 1. The van der Waals surface area contributed by atoms with Crippen LogP contribution < -0.4 is 4.72 Å². The zero-order chi connectivity index (χ0) is 16.2. The zero-order valence-electron chi connectivity index (χ0n) is 12.2. The quantitative estimate of drug-likeness (QED) is 0.459. The number of rotatable bonds is 7. The standard InChI is InChI=1S/C12H18N2O6S/c1-8-5-6-10(7-11(8)14(15)16)21(17,18)13-9(2)12(19-3)20-4/h5-7,9,12-13H,1-4H3. The number of sulfonamides is 1. The molecule has 1 unspecified atom stereocenters. The van der Waals surface area contributed by atoms with Crippen molar-refractivity contribution in [3.63, 3.8) is 0 Å². The maximum absolute atomic E-state index is 12.2. The topological polar surface area (TPSA) is 108 Å². The van der Waals surface area contributed by atoms with Crippen LogP contribution in [0.15, 0.2) is 23.1 Å². The van der Waals surface area contributed by atoms with Gasteiger partial charge in [-0.25, -0.2) is 13.1 Å². The Labute approximate surface area is 123 Å². The van der Waals surface area contributed by atoms with Crippen molar-refractivity contribution in [1.82, 2.24) is 4.72 Å². The average molecular weight is 318 g/mol. The number of nitrogens with zero attached hydrogens (tertiary/aromatic N) is 1. The van der Waals surface area contributed by atoms with Gasteiger partial charge in [-0.3, -0.25) is 10.1 Å². The predicted molar refractivity (Wildman–Crippen MR) is 75.4 cm³/mol. The molecule has 0 heterocycles. The van der Waals surface area contributed by atoms with Crippen molar-refractivity contribution in [2.24, 2.45) is 0 Å². The summed E-state index contributed by atoms with van der Waals surface area (Å²) in [6.45, 7) is 3.11. The summed E-state index contributed by atoms with van der Waals surface area (Å²) in [6, 6.07) is 3.07. The second-order valence-electron chi connectivity index (χ2n) is 4.46. The van der Waals surface area contributed by atoms with E-state index in [1.54, 1.807) is 6.92 Å². The zero-order valence-corrected chi connectivity index (χ0v) is 13.0. The van der Waals surface area contributed by atoms with Crippen LogP contribution in [0.5, 0.6) is 0 Å². The lowest BCUT2D eigenvalue weighted by Crippen LogP contribution is -2.42. The van der Waals surface area contributed by atoms with Gasteiger partial charge >= 0.3 is 0 Å². The second-order valence-corrected chi connectivity index (χ2v) is 6.17. The Kier molecular flexibility index (Phi) is 5.78. The van der Waals surface area contributed by atoms with Crippen molar-refractivity contribution in [1.29, 1.82) is 0 Å². The Hall–Kier alpha value is -1.55. The fourth-order valence-electron chi connectivity index (χ4n) is 1.83. The Balaban J connectivity index is 3.09. The molecule has 1 aromatic rings. The van der Waals surface area contributed by atoms with Crippen LogP contribution in [-0.2, 0) is 19.5 Å². The third kappa shape index (κ3) is 4.21. The lowest BCUT2D eigenvalue weighted by Gasteiger charge is -2.22. The average Bonchev–Trinajstić information content (AvgIpc) is 2.39. The molecule has 0 radical (unpaired) electrons.